The summed E-state index contributed by atoms with van der Waals surface area (Å²) in [7, 11) is 0. The number of hydrogen-bond acceptors (Lipinski definition) is 5. The van der Waals surface area contributed by atoms with Gasteiger partial charge in [-0.15, -0.1) is 0 Å². The summed E-state index contributed by atoms with van der Waals surface area (Å²) in [6, 6.07) is 13.9. The second kappa shape index (κ2) is 6.42. The fourth-order valence-electron chi connectivity index (χ4n) is 2.36. The maximum Gasteiger partial charge on any atom is 0.246 e. The smallest absolute Gasteiger partial charge is 0.246 e. The van der Waals surface area contributed by atoms with Crippen molar-refractivity contribution in [2.45, 2.75) is 19.9 Å². The highest BCUT2D eigenvalue weighted by Gasteiger charge is 2.14. The zero-order valence-corrected chi connectivity index (χ0v) is 13.3. The fourth-order valence-corrected chi connectivity index (χ4v) is 2.36. The number of benzene rings is 2. The van der Waals surface area contributed by atoms with Gasteiger partial charge in [-0.2, -0.15) is 5.26 Å². The van der Waals surface area contributed by atoms with Crippen molar-refractivity contribution >= 4 is 28.4 Å². The first-order chi connectivity index (χ1) is 11.5. The molecule has 0 unspecified atom stereocenters. The number of nitrogens with zero attached hydrogens (tertiary/aromatic N) is 2. The van der Waals surface area contributed by atoms with Gasteiger partial charge in [0.2, 0.25) is 5.91 Å². The van der Waals surface area contributed by atoms with Crippen molar-refractivity contribution in [3.8, 4) is 6.07 Å². The standard InChI is InChI=1S/C18H16N4O2/c1-11(18(23)22-14-5-3-4-13(8-14)10-19)20-15-6-7-17-16(9-15)21-12(2)24-17/h3-9,11,20H,1-2H3,(H,22,23)/t11-/m1/s1. The Hall–Kier alpha value is -3.33. The molecule has 1 heterocycles. The Balaban J connectivity index is 1.69. The third kappa shape index (κ3) is 3.36. The van der Waals surface area contributed by atoms with Crippen molar-refractivity contribution in [3.05, 3.63) is 53.9 Å². The van der Waals surface area contributed by atoms with E-state index in [2.05, 4.69) is 15.6 Å². The van der Waals surface area contributed by atoms with Gasteiger partial charge in [0.05, 0.1) is 11.6 Å². The minimum absolute atomic E-state index is 0.193. The van der Waals surface area contributed by atoms with Crippen molar-refractivity contribution in [1.29, 1.82) is 5.26 Å². The van der Waals surface area contributed by atoms with Crippen LogP contribution in [0.25, 0.3) is 11.1 Å². The Morgan fingerprint density at radius 2 is 2.08 bits per heavy atom. The monoisotopic (exact) mass is 320 g/mol. The molecule has 0 radical (unpaired) electrons. The first kappa shape index (κ1) is 15.6. The van der Waals surface area contributed by atoms with E-state index in [1.165, 1.54) is 0 Å². The Kier molecular flexibility index (Phi) is 4.17. The highest BCUT2D eigenvalue weighted by Crippen LogP contribution is 2.20. The molecule has 0 aliphatic carbocycles. The molecule has 1 aromatic heterocycles. The van der Waals surface area contributed by atoms with Crippen LogP contribution >= 0.6 is 0 Å². The zero-order chi connectivity index (χ0) is 17.1. The fraction of sp³-hybridized carbons (Fsp3) is 0.167. The number of oxazole rings is 1. The van der Waals surface area contributed by atoms with Crippen molar-refractivity contribution < 1.29 is 9.21 Å². The molecule has 24 heavy (non-hydrogen) atoms. The van der Waals surface area contributed by atoms with E-state index in [9.17, 15) is 4.79 Å². The summed E-state index contributed by atoms with van der Waals surface area (Å²) >= 11 is 0. The number of nitriles is 1. The maximum atomic E-state index is 12.3. The summed E-state index contributed by atoms with van der Waals surface area (Å²) in [4.78, 5) is 16.6. The average molecular weight is 320 g/mol. The van der Waals surface area contributed by atoms with Gasteiger partial charge < -0.3 is 15.1 Å². The van der Waals surface area contributed by atoms with Gasteiger partial charge in [-0.1, -0.05) is 6.07 Å². The molecule has 0 fully saturated rings. The van der Waals surface area contributed by atoms with Gasteiger partial charge >= 0.3 is 0 Å². The van der Waals surface area contributed by atoms with E-state index in [1.54, 1.807) is 38.1 Å². The maximum absolute atomic E-state index is 12.3. The number of carbonyl (C=O) groups is 1. The Labute approximate surface area is 139 Å². The summed E-state index contributed by atoms with van der Waals surface area (Å²) in [5.74, 6) is 0.409. The van der Waals surface area contributed by atoms with Gasteiger partial charge in [0, 0.05) is 18.3 Å². The number of hydrogen-bond donors (Lipinski definition) is 2. The number of rotatable bonds is 4. The van der Waals surface area contributed by atoms with Crippen LogP contribution in [0, 0.1) is 18.3 Å². The van der Waals surface area contributed by atoms with Gasteiger partial charge in [-0.05, 0) is 43.3 Å². The summed E-state index contributed by atoms with van der Waals surface area (Å²) in [5, 5.41) is 14.8. The Morgan fingerprint density at radius 1 is 1.25 bits per heavy atom. The minimum Gasteiger partial charge on any atom is -0.441 e. The van der Waals surface area contributed by atoms with Gasteiger partial charge in [0.15, 0.2) is 11.5 Å². The molecule has 0 saturated heterocycles. The third-order valence-corrected chi connectivity index (χ3v) is 3.53. The third-order valence-electron chi connectivity index (χ3n) is 3.53. The second-order valence-electron chi connectivity index (χ2n) is 5.46. The molecule has 0 bridgehead atoms. The lowest BCUT2D eigenvalue weighted by Crippen LogP contribution is -2.31. The molecular formula is C18H16N4O2. The van der Waals surface area contributed by atoms with Crippen LogP contribution < -0.4 is 10.6 Å². The molecule has 0 aliphatic rings. The predicted molar refractivity (Wildman–Crippen MR) is 91.6 cm³/mol. The largest absolute Gasteiger partial charge is 0.441 e. The van der Waals surface area contributed by atoms with E-state index >= 15 is 0 Å². The van der Waals surface area contributed by atoms with Crippen LogP contribution in [0.15, 0.2) is 46.9 Å². The molecule has 0 aliphatic heterocycles. The molecule has 3 rings (SSSR count). The van der Waals surface area contributed by atoms with Gasteiger partial charge in [-0.3, -0.25) is 4.79 Å². The number of aromatic nitrogens is 1. The van der Waals surface area contributed by atoms with Crippen LogP contribution in [0.5, 0.6) is 0 Å². The van der Waals surface area contributed by atoms with E-state index in [0.29, 0.717) is 22.7 Å². The predicted octanol–water partition coefficient (Wildman–Crippen LogP) is 3.45. The number of fused-ring (bicyclic) bond motifs is 1. The van der Waals surface area contributed by atoms with E-state index in [-0.39, 0.29) is 5.91 Å². The van der Waals surface area contributed by atoms with Crippen LogP contribution in [0.3, 0.4) is 0 Å². The van der Waals surface area contributed by atoms with Crippen molar-refractivity contribution in [2.24, 2.45) is 0 Å². The molecule has 0 saturated carbocycles. The molecule has 6 nitrogen and oxygen atoms in total. The lowest BCUT2D eigenvalue weighted by atomic mass is 10.2. The van der Waals surface area contributed by atoms with Crippen LogP contribution in [0.1, 0.15) is 18.4 Å². The van der Waals surface area contributed by atoms with Gasteiger partial charge in [-0.25, -0.2) is 4.98 Å². The summed E-state index contributed by atoms with van der Waals surface area (Å²) in [6.45, 7) is 3.56. The zero-order valence-electron chi connectivity index (χ0n) is 13.3. The first-order valence-electron chi connectivity index (χ1n) is 7.50. The number of aryl methyl sites for hydroxylation is 1. The molecular weight excluding hydrogens is 304 g/mol. The Morgan fingerprint density at radius 3 is 2.88 bits per heavy atom. The normalized spacial score (nSPS) is 11.7. The Bertz CT molecular complexity index is 940. The number of anilines is 2. The topological polar surface area (TPSA) is 91.0 Å². The van der Waals surface area contributed by atoms with Crippen molar-refractivity contribution in [3.63, 3.8) is 0 Å². The SMILES string of the molecule is Cc1nc2cc(N[C@H](C)C(=O)Nc3cccc(C#N)c3)ccc2o1. The number of amides is 1. The first-order valence-corrected chi connectivity index (χ1v) is 7.50. The lowest BCUT2D eigenvalue weighted by molar-refractivity contribution is -0.116. The minimum atomic E-state index is -0.457. The van der Waals surface area contributed by atoms with Crippen molar-refractivity contribution in [1.82, 2.24) is 4.98 Å². The molecule has 6 heteroatoms. The molecule has 1 amide bonds. The second-order valence-corrected chi connectivity index (χ2v) is 5.46. The summed E-state index contributed by atoms with van der Waals surface area (Å²) < 4.78 is 5.43. The highest BCUT2D eigenvalue weighted by atomic mass is 16.3. The van der Waals surface area contributed by atoms with Gasteiger partial charge in [0.1, 0.15) is 11.6 Å². The number of nitrogens with one attached hydrogen (secondary N) is 2. The van der Waals surface area contributed by atoms with Gasteiger partial charge in [0.25, 0.3) is 0 Å². The van der Waals surface area contributed by atoms with Crippen LogP contribution in [0.2, 0.25) is 0 Å². The quantitative estimate of drug-likeness (QED) is 0.768. The lowest BCUT2D eigenvalue weighted by Gasteiger charge is -2.15. The molecule has 0 spiro atoms. The summed E-state index contributed by atoms with van der Waals surface area (Å²) in [6.07, 6.45) is 0. The summed E-state index contributed by atoms with van der Waals surface area (Å²) in [5.41, 5.74) is 3.33. The van der Waals surface area contributed by atoms with E-state index in [4.69, 9.17) is 9.68 Å². The van der Waals surface area contributed by atoms with Crippen LogP contribution in [-0.2, 0) is 4.79 Å². The van der Waals surface area contributed by atoms with Crippen molar-refractivity contribution in [2.75, 3.05) is 10.6 Å². The molecule has 2 aromatic carbocycles. The number of carbonyl (C=O) groups excluding carboxylic acids is 1. The molecule has 120 valence electrons. The highest BCUT2D eigenvalue weighted by molar-refractivity contribution is 5.96. The van der Waals surface area contributed by atoms with Crippen LogP contribution in [-0.4, -0.2) is 16.9 Å². The molecule has 1 atom stereocenters. The van der Waals surface area contributed by atoms with E-state index in [1.807, 2.05) is 24.3 Å². The molecule has 2 N–H and O–H groups in total. The molecule has 3 aromatic rings. The van der Waals surface area contributed by atoms with E-state index < -0.39 is 6.04 Å². The van der Waals surface area contributed by atoms with Crippen LogP contribution in [0.4, 0.5) is 11.4 Å². The average Bonchev–Trinajstić information content (AvgIpc) is 2.94. The van der Waals surface area contributed by atoms with E-state index in [0.717, 1.165) is 11.2 Å².